The molecule has 1 fully saturated rings. The van der Waals surface area contributed by atoms with E-state index in [1.165, 1.54) is 57.3 Å². The van der Waals surface area contributed by atoms with Gasteiger partial charge in [0.25, 0.3) is 0 Å². The van der Waals surface area contributed by atoms with Gasteiger partial charge in [0.05, 0.1) is 6.20 Å². The van der Waals surface area contributed by atoms with Crippen molar-refractivity contribution in [2.75, 3.05) is 19.6 Å². The van der Waals surface area contributed by atoms with Gasteiger partial charge in [-0.05, 0) is 57.3 Å². The van der Waals surface area contributed by atoms with Crippen LogP contribution in [-0.2, 0) is 6.54 Å². The Labute approximate surface area is 111 Å². The lowest BCUT2D eigenvalue weighted by Gasteiger charge is -2.31. The third-order valence-electron chi connectivity index (χ3n) is 3.99. The lowest BCUT2D eigenvalue weighted by Crippen LogP contribution is -2.35. The summed E-state index contributed by atoms with van der Waals surface area (Å²) in [6.07, 6.45) is 10.9. The average Bonchev–Trinajstić information content (AvgIpc) is 2.77. The molecule has 0 aliphatic carbocycles. The minimum atomic E-state index is 0.826. The molecule has 1 aromatic heterocycles. The second kappa shape index (κ2) is 6.93. The molecule has 0 atom stereocenters. The molecule has 2 heterocycles. The predicted molar refractivity (Wildman–Crippen MR) is 75.7 cm³/mol. The van der Waals surface area contributed by atoms with Crippen LogP contribution < -0.4 is 0 Å². The van der Waals surface area contributed by atoms with E-state index in [1.807, 2.05) is 6.20 Å². The summed E-state index contributed by atoms with van der Waals surface area (Å²) in [5.74, 6) is 0.826. The Morgan fingerprint density at radius 1 is 1.28 bits per heavy atom. The number of aromatic nitrogens is 2. The number of hydrogen-bond donors (Lipinski definition) is 0. The number of rotatable bonds is 6. The fraction of sp³-hybridized carbons (Fsp3) is 0.800. The van der Waals surface area contributed by atoms with E-state index in [2.05, 4.69) is 34.7 Å². The van der Waals surface area contributed by atoms with Gasteiger partial charge in [-0.15, -0.1) is 0 Å². The van der Waals surface area contributed by atoms with Crippen LogP contribution in [-0.4, -0.2) is 34.3 Å². The lowest BCUT2D eigenvalue weighted by atomic mass is 9.96. The zero-order valence-electron chi connectivity index (χ0n) is 11.9. The highest BCUT2D eigenvalue weighted by atomic mass is 15.3. The van der Waals surface area contributed by atoms with Gasteiger partial charge in [-0.3, -0.25) is 4.68 Å². The molecule has 1 aliphatic rings. The number of aryl methyl sites for hydroxylation is 1. The first-order valence-corrected chi connectivity index (χ1v) is 7.49. The highest BCUT2D eigenvalue weighted by Crippen LogP contribution is 2.19. The van der Waals surface area contributed by atoms with Gasteiger partial charge in [-0.2, -0.15) is 5.10 Å². The molecule has 102 valence electrons. The molecule has 3 nitrogen and oxygen atoms in total. The maximum atomic E-state index is 4.39. The van der Waals surface area contributed by atoms with Crippen LogP contribution in [0, 0.1) is 12.8 Å². The molecule has 0 saturated carbocycles. The molecule has 1 saturated heterocycles. The van der Waals surface area contributed by atoms with E-state index in [9.17, 15) is 0 Å². The number of likely N-dealkylation sites (tertiary alicyclic amines) is 1. The Hall–Kier alpha value is -0.830. The van der Waals surface area contributed by atoms with Crippen LogP contribution in [0.25, 0.3) is 0 Å². The fourth-order valence-corrected chi connectivity index (χ4v) is 2.81. The number of piperidine rings is 1. The van der Waals surface area contributed by atoms with Crippen LogP contribution in [0.3, 0.4) is 0 Å². The van der Waals surface area contributed by atoms with Crippen LogP contribution in [0.4, 0.5) is 0 Å². The summed E-state index contributed by atoms with van der Waals surface area (Å²) in [5, 5.41) is 4.39. The maximum absolute atomic E-state index is 4.39. The highest BCUT2D eigenvalue weighted by Gasteiger charge is 2.19. The van der Waals surface area contributed by atoms with E-state index < -0.39 is 0 Å². The first kappa shape index (κ1) is 13.6. The molecule has 0 bridgehead atoms. The third-order valence-corrected chi connectivity index (χ3v) is 3.99. The molecule has 2 rings (SSSR count). The Morgan fingerprint density at radius 3 is 2.67 bits per heavy atom. The molecular weight excluding hydrogens is 222 g/mol. The first-order chi connectivity index (χ1) is 8.78. The zero-order valence-corrected chi connectivity index (χ0v) is 11.9. The van der Waals surface area contributed by atoms with Crippen molar-refractivity contribution in [3.05, 3.63) is 18.0 Å². The Morgan fingerprint density at radius 2 is 2.06 bits per heavy atom. The van der Waals surface area contributed by atoms with Crippen molar-refractivity contribution >= 4 is 0 Å². The summed E-state index contributed by atoms with van der Waals surface area (Å²) in [7, 11) is 0. The summed E-state index contributed by atoms with van der Waals surface area (Å²) < 4.78 is 2.12. The summed E-state index contributed by atoms with van der Waals surface area (Å²) in [5.41, 5.74) is 1.27. The van der Waals surface area contributed by atoms with Crippen LogP contribution >= 0.6 is 0 Å². The second-order valence-corrected chi connectivity index (χ2v) is 5.73. The van der Waals surface area contributed by atoms with Crippen molar-refractivity contribution < 1.29 is 0 Å². The van der Waals surface area contributed by atoms with E-state index in [-0.39, 0.29) is 0 Å². The Bertz CT molecular complexity index is 337. The molecular formula is C15H27N3. The average molecular weight is 249 g/mol. The highest BCUT2D eigenvalue weighted by molar-refractivity contribution is 4.99. The summed E-state index contributed by atoms with van der Waals surface area (Å²) in [6, 6.07) is 0. The summed E-state index contributed by atoms with van der Waals surface area (Å²) in [6.45, 7) is 9.37. The minimum Gasteiger partial charge on any atom is -0.303 e. The fourth-order valence-electron chi connectivity index (χ4n) is 2.81. The molecule has 1 aliphatic heterocycles. The predicted octanol–water partition coefficient (Wildman–Crippen LogP) is 3.09. The first-order valence-electron chi connectivity index (χ1n) is 7.49. The largest absolute Gasteiger partial charge is 0.303 e. The minimum absolute atomic E-state index is 0.826. The zero-order chi connectivity index (χ0) is 12.8. The van der Waals surface area contributed by atoms with Crippen molar-refractivity contribution in [2.45, 2.75) is 52.5 Å². The van der Waals surface area contributed by atoms with E-state index in [1.54, 1.807) is 0 Å². The number of unbranched alkanes of at least 4 members (excludes halogenated alkanes) is 2. The Kier molecular flexibility index (Phi) is 5.24. The molecule has 1 aromatic rings. The number of hydrogen-bond acceptors (Lipinski definition) is 2. The molecule has 0 unspecified atom stereocenters. The third kappa shape index (κ3) is 4.13. The summed E-state index contributed by atoms with van der Waals surface area (Å²) >= 11 is 0. The van der Waals surface area contributed by atoms with E-state index in [0.717, 1.165) is 12.5 Å². The van der Waals surface area contributed by atoms with E-state index in [4.69, 9.17) is 0 Å². The van der Waals surface area contributed by atoms with Crippen molar-refractivity contribution in [2.24, 2.45) is 5.92 Å². The summed E-state index contributed by atoms with van der Waals surface area (Å²) in [4.78, 5) is 2.64. The van der Waals surface area contributed by atoms with Gasteiger partial charge in [0.15, 0.2) is 0 Å². The van der Waals surface area contributed by atoms with Gasteiger partial charge in [-0.25, -0.2) is 0 Å². The van der Waals surface area contributed by atoms with Crippen LogP contribution in [0.15, 0.2) is 12.4 Å². The number of nitrogens with zero attached hydrogens (tertiary/aromatic N) is 3. The molecule has 0 aromatic carbocycles. The lowest BCUT2D eigenvalue weighted by molar-refractivity contribution is 0.168. The standard InChI is InChI=1S/C15H27N3/c1-3-4-5-8-17-9-6-15(7-10-17)13-18-12-14(2)11-16-18/h11-12,15H,3-10,13H2,1-2H3. The van der Waals surface area contributed by atoms with Crippen molar-refractivity contribution in [3.8, 4) is 0 Å². The van der Waals surface area contributed by atoms with Crippen LogP contribution in [0.2, 0.25) is 0 Å². The molecule has 3 heteroatoms. The quantitative estimate of drug-likeness (QED) is 0.722. The Balaban J connectivity index is 1.67. The van der Waals surface area contributed by atoms with Gasteiger partial charge < -0.3 is 4.90 Å². The van der Waals surface area contributed by atoms with Crippen molar-refractivity contribution in [3.63, 3.8) is 0 Å². The van der Waals surface area contributed by atoms with E-state index >= 15 is 0 Å². The SMILES string of the molecule is CCCCCN1CCC(Cn2cc(C)cn2)CC1. The molecule has 0 N–H and O–H groups in total. The monoisotopic (exact) mass is 249 g/mol. The molecule has 18 heavy (non-hydrogen) atoms. The van der Waals surface area contributed by atoms with Crippen LogP contribution in [0.1, 0.15) is 44.6 Å². The molecule has 0 amide bonds. The van der Waals surface area contributed by atoms with Gasteiger partial charge in [0.2, 0.25) is 0 Å². The van der Waals surface area contributed by atoms with Gasteiger partial charge in [0.1, 0.15) is 0 Å². The van der Waals surface area contributed by atoms with Crippen molar-refractivity contribution in [1.82, 2.24) is 14.7 Å². The van der Waals surface area contributed by atoms with Crippen molar-refractivity contribution in [1.29, 1.82) is 0 Å². The van der Waals surface area contributed by atoms with Gasteiger partial charge >= 0.3 is 0 Å². The normalized spacial score (nSPS) is 18.3. The van der Waals surface area contributed by atoms with Gasteiger partial charge in [-0.1, -0.05) is 19.8 Å². The smallest absolute Gasteiger partial charge is 0.0518 e. The molecule has 0 radical (unpaired) electrons. The molecule has 0 spiro atoms. The topological polar surface area (TPSA) is 21.1 Å². The second-order valence-electron chi connectivity index (χ2n) is 5.73. The van der Waals surface area contributed by atoms with Gasteiger partial charge in [0, 0.05) is 12.7 Å². The maximum Gasteiger partial charge on any atom is 0.0518 e. The van der Waals surface area contributed by atoms with Crippen LogP contribution in [0.5, 0.6) is 0 Å². The van der Waals surface area contributed by atoms with E-state index in [0.29, 0.717) is 0 Å².